The summed E-state index contributed by atoms with van der Waals surface area (Å²) in [4.78, 5) is 43.9. The van der Waals surface area contributed by atoms with Crippen molar-refractivity contribution >= 4 is 62.6 Å². The molecule has 1 aliphatic heterocycles. The maximum Gasteiger partial charge on any atom is 0.352 e. The molecule has 3 aromatic carbocycles. The molecule has 0 spiro atoms. The standard InChI is InChI=1S/C46H44Cl2N6O5/c1-24-18-31(19-25(2)41(24)48)59-17-9-12-32-33-13-14-35(47)40(39-28(5)49-23-50-29(39)6)43(33)54-27(4)21-53(45(55)44(32)54)36-15-16-38(58-7)34-20-37(46(56)57)52(42(34)36)22-30-11-8-10-26(3)51-30/h8,10-11,13-16,18-20,23,27H,9,12,17,21-22H2,1-7H3,(H,56,57). The highest BCUT2D eigenvalue weighted by atomic mass is 35.5. The number of carbonyl (C=O) groups excluding carboxylic acids is 1. The number of ether oxygens (including phenoxy) is 2. The van der Waals surface area contributed by atoms with Crippen LogP contribution in [0.2, 0.25) is 10.0 Å². The first kappa shape index (κ1) is 39.9. The molecule has 59 heavy (non-hydrogen) atoms. The molecule has 0 radical (unpaired) electrons. The Hall–Kier alpha value is -5.91. The third-order valence-corrected chi connectivity index (χ3v) is 12.2. The van der Waals surface area contributed by atoms with Gasteiger partial charge in [-0.1, -0.05) is 35.3 Å². The number of carbonyl (C=O) groups is 2. The summed E-state index contributed by atoms with van der Waals surface area (Å²) in [5, 5.41) is 13.2. The predicted molar refractivity (Wildman–Crippen MR) is 232 cm³/mol. The van der Waals surface area contributed by atoms with Gasteiger partial charge < -0.3 is 28.6 Å². The highest BCUT2D eigenvalue weighted by molar-refractivity contribution is 6.35. The normalized spacial score (nSPS) is 14.0. The van der Waals surface area contributed by atoms with E-state index in [2.05, 4.69) is 26.4 Å². The number of aromatic carboxylic acids is 1. The van der Waals surface area contributed by atoms with E-state index in [1.165, 1.54) is 0 Å². The van der Waals surface area contributed by atoms with Crippen LogP contribution in [0.25, 0.3) is 32.9 Å². The number of methoxy groups -OCH3 is 1. The molecule has 0 bridgehead atoms. The Labute approximate surface area is 352 Å². The van der Waals surface area contributed by atoms with E-state index in [9.17, 15) is 9.90 Å². The van der Waals surface area contributed by atoms with Crippen molar-refractivity contribution in [2.75, 3.05) is 25.2 Å². The van der Waals surface area contributed by atoms with E-state index in [-0.39, 0.29) is 24.2 Å². The Morgan fingerprint density at radius 3 is 2.32 bits per heavy atom. The number of aryl methyl sites for hydroxylation is 6. The lowest BCUT2D eigenvalue weighted by Gasteiger charge is -2.35. The highest BCUT2D eigenvalue weighted by Gasteiger charge is 2.38. The molecular formula is C46H44Cl2N6O5. The number of carboxylic acids is 1. The number of amides is 1. The topological polar surface area (TPSA) is 125 Å². The summed E-state index contributed by atoms with van der Waals surface area (Å²) in [6, 6.07) is 18.4. The van der Waals surface area contributed by atoms with Crippen molar-refractivity contribution < 1.29 is 24.2 Å². The number of nitrogens with zero attached hydrogens (tertiary/aromatic N) is 6. The highest BCUT2D eigenvalue weighted by Crippen LogP contribution is 2.46. The zero-order chi connectivity index (χ0) is 41.9. The largest absolute Gasteiger partial charge is 0.496 e. The smallest absolute Gasteiger partial charge is 0.352 e. The van der Waals surface area contributed by atoms with E-state index in [0.717, 1.165) is 66.6 Å². The molecule has 1 amide bonds. The van der Waals surface area contributed by atoms with Crippen molar-refractivity contribution in [1.82, 2.24) is 24.1 Å². The number of hydrogen-bond donors (Lipinski definition) is 1. The second-order valence-electron chi connectivity index (χ2n) is 15.3. The van der Waals surface area contributed by atoms with Crippen molar-refractivity contribution in [1.29, 1.82) is 0 Å². The quantitative estimate of drug-likeness (QED) is 0.128. The number of pyridine rings is 1. The van der Waals surface area contributed by atoms with Crippen LogP contribution in [0.3, 0.4) is 0 Å². The monoisotopic (exact) mass is 830 g/mol. The third kappa shape index (κ3) is 6.95. The van der Waals surface area contributed by atoms with Crippen molar-refractivity contribution in [3.05, 3.63) is 128 Å². The average Bonchev–Trinajstić information content (AvgIpc) is 3.74. The lowest BCUT2D eigenvalue weighted by Crippen LogP contribution is -2.43. The van der Waals surface area contributed by atoms with Crippen LogP contribution in [0.1, 0.15) is 79.8 Å². The fourth-order valence-corrected chi connectivity index (χ4v) is 9.04. The van der Waals surface area contributed by atoms with Gasteiger partial charge in [0.1, 0.15) is 29.2 Å². The molecule has 13 heteroatoms. The number of anilines is 1. The molecule has 1 atom stereocenters. The van der Waals surface area contributed by atoms with Crippen LogP contribution in [0.5, 0.6) is 11.5 Å². The summed E-state index contributed by atoms with van der Waals surface area (Å²) in [6.07, 6.45) is 2.68. The van der Waals surface area contributed by atoms with Gasteiger partial charge >= 0.3 is 5.97 Å². The third-order valence-electron chi connectivity index (χ3n) is 11.3. The van der Waals surface area contributed by atoms with Crippen molar-refractivity contribution in [3.63, 3.8) is 0 Å². The van der Waals surface area contributed by atoms with Crippen molar-refractivity contribution in [2.24, 2.45) is 0 Å². The number of rotatable bonds is 11. The van der Waals surface area contributed by atoms with Gasteiger partial charge in [0.2, 0.25) is 0 Å². The Bertz CT molecular complexity index is 2800. The summed E-state index contributed by atoms with van der Waals surface area (Å²) in [7, 11) is 1.55. The van der Waals surface area contributed by atoms with Gasteiger partial charge in [-0.25, -0.2) is 14.8 Å². The van der Waals surface area contributed by atoms with Gasteiger partial charge in [0.05, 0.1) is 47.7 Å². The number of aromatic nitrogens is 5. The number of halogens is 2. The summed E-state index contributed by atoms with van der Waals surface area (Å²) >= 11 is 13.6. The number of hydrogen-bond acceptors (Lipinski definition) is 7. The molecule has 8 rings (SSSR count). The van der Waals surface area contributed by atoms with Crippen LogP contribution in [0.15, 0.2) is 67.0 Å². The van der Waals surface area contributed by atoms with Gasteiger partial charge in [-0.3, -0.25) is 9.78 Å². The summed E-state index contributed by atoms with van der Waals surface area (Å²) in [5.41, 5.74) is 9.99. The van der Waals surface area contributed by atoms with E-state index in [0.29, 0.717) is 64.7 Å². The van der Waals surface area contributed by atoms with Crippen LogP contribution in [0.4, 0.5) is 5.69 Å². The second kappa shape index (κ2) is 15.7. The van der Waals surface area contributed by atoms with Crippen LogP contribution in [-0.2, 0) is 13.0 Å². The Balaban J connectivity index is 1.30. The maximum atomic E-state index is 15.5. The van der Waals surface area contributed by atoms with Gasteiger partial charge in [-0.05, 0) is 120 Å². The molecule has 0 saturated carbocycles. The zero-order valence-electron chi connectivity index (χ0n) is 34.0. The lowest BCUT2D eigenvalue weighted by molar-refractivity contribution is 0.0686. The molecule has 5 heterocycles. The Morgan fingerprint density at radius 2 is 1.64 bits per heavy atom. The Morgan fingerprint density at radius 1 is 0.915 bits per heavy atom. The maximum absolute atomic E-state index is 15.5. The molecule has 0 saturated heterocycles. The lowest BCUT2D eigenvalue weighted by atomic mass is 9.97. The Kier molecular flexibility index (Phi) is 10.6. The minimum atomic E-state index is -1.10. The number of benzene rings is 3. The van der Waals surface area contributed by atoms with Crippen molar-refractivity contribution in [2.45, 2.75) is 67.0 Å². The van der Waals surface area contributed by atoms with E-state index < -0.39 is 5.97 Å². The molecule has 1 unspecified atom stereocenters. The molecule has 1 aliphatic rings. The van der Waals surface area contributed by atoms with Crippen LogP contribution in [0, 0.1) is 34.6 Å². The summed E-state index contributed by atoms with van der Waals surface area (Å²) < 4.78 is 15.9. The molecule has 0 aliphatic carbocycles. The summed E-state index contributed by atoms with van der Waals surface area (Å²) in [6.45, 7) is 12.6. The molecule has 7 aromatic rings. The first-order chi connectivity index (χ1) is 28.3. The minimum absolute atomic E-state index is 0.0579. The fraction of sp³-hybridized carbons (Fsp3) is 0.283. The fourth-order valence-electron chi connectivity index (χ4n) is 8.68. The summed E-state index contributed by atoms with van der Waals surface area (Å²) in [5.74, 6) is -0.0886. The van der Waals surface area contributed by atoms with Crippen LogP contribution < -0.4 is 14.4 Å². The van der Waals surface area contributed by atoms with Gasteiger partial charge in [-0.15, -0.1) is 0 Å². The first-order valence-corrected chi connectivity index (χ1v) is 20.3. The number of carboxylic acid groups (broad SMARTS) is 1. The second-order valence-corrected chi connectivity index (χ2v) is 16.0. The molecule has 302 valence electrons. The minimum Gasteiger partial charge on any atom is -0.496 e. The van der Waals surface area contributed by atoms with Crippen molar-refractivity contribution in [3.8, 4) is 22.6 Å². The van der Waals surface area contributed by atoms with E-state index in [1.807, 2.05) is 83.1 Å². The zero-order valence-corrected chi connectivity index (χ0v) is 35.5. The average molecular weight is 832 g/mol. The molecule has 1 N–H and O–H groups in total. The van der Waals surface area contributed by atoms with E-state index in [4.69, 9.17) is 32.7 Å². The molecule has 0 fully saturated rings. The molecule has 11 nitrogen and oxygen atoms in total. The number of fused-ring (bicyclic) bond motifs is 4. The SMILES string of the molecule is COc1ccc(N2CC(C)n3c(c(CCCOc4cc(C)c(Cl)c(C)c4)c4ccc(Cl)c(-c5c(C)ncnc5C)c43)C2=O)c2c1cc(C(=O)O)n2Cc1cccc(C)n1. The van der Waals surface area contributed by atoms with E-state index >= 15 is 4.79 Å². The van der Waals surface area contributed by atoms with Crippen LogP contribution >= 0.6 is 23.2 Å². The molecular weight excluding hydrogens is 787 g/mol. The van der Waals surface area contributed by atoms with Gasteiger partial charge in [-0.2, -0.15) is 0 Å². The van der Waals surface area contributed by atoms with E-state index in [1.54, 1.807) is 35.0 Å². The van der Waals surface area contributed by atoms with Gasteiger partial charge in [0.15, 0.2) is 0 Å². The van der Waals surface area contributed by atoms with Crippen LogP contribution in [-0.4, -0.2) is 61.3 Å². The first-order valence-electron chi connectivity index (χ1n) is 19.5. The van der Waals surface area contributed by atoms with Gasteiger partial charge in [0, 0.05) is 56.6 Å². The molecule has 4 aromatic heterocycles. The van der Waals surface area contributed by atoms with Gasteiger partial charge in [0.25, 0.3) is 5.91 Å². The predicted octanol–water partition coefficient (Wildman–Crippen LogP) is 10.3.